The number of benzene rings is 3. The van der Waals surface area contributed by atoms with E-state index in [9.17, 15) is 4.79 Å². The molecule has 0 aliphatic carbocycles. The lowest BCUT2D eigenvalue weighted by atomic mass is 9.88. The SMILES string of the molecule is O=C(Nc1nc2ccccc2o1)C1C(c2ccccc2)=NOC1c1ccccc1. The molecule has 2 heterocycles. The van der Waals surface area contributed by atoms with Crippen LogP contribution < -0.4 is 5.32 Å². The molecule has 4 aromatic rings. The molecule has 0 saturated heterocycles. The molecule has 29 heavy (non-hydrogen) atoms. The van der Waals surface area contributed by atoms with Gasteiger partial charge in [0.25, 0.3) is 0 Å². The van der Waals surface area contributed by atoms with Gasteiger partial charge in [0.05, 0.1) is 0 Å². The fourth-order valence-electron chi connectivity index (χ4n) is 3.48. The summed E-state index contributed by atoms with van der Waals surface area (Å²) in [5.41, 5.74) is 3.58. The van der Waals surface area contributed by atoms with Crippen molar-refractivity contribution in [3.63, 3.8) is 0 Å². The topological polar surface area (TPSA) is 76.7 Å². The fraction of sp³-hybridized carbons (Fsp3) is 0.0870. The van der Waals surface area contributed by atoms with Crippen LogP contribution in [0.3, 0.4) is 0 Å². The van der Waals surface area contributed by atoms with Gasteiger partial charge in [0.2, 0.25) is 5.91 Å². The molecule has 1 aliphatic rings. The highest BCUT2D eigenvalue weighted by Crippen LogP contribution is 2.36. The number of fused-ring (bicyclic) bond motifs is 1. The van der Waals surface area contributed by atoms with Gasteiger partial charge in [-0.1, -0.05) is 78.0 Å². The first kappa shape index (κ1) is 17.2. The van der Waals surface area contributed by atoms with Crippen molar-refractivity contribution in [1.82, 2.24) is 4.98 Å². The van der Waals surface area contributed by atoms with Crippen LogP contribution in [0.15, 0.2) is 94.5 Å². The van der Waals surface area contributed by atoms with Crippen LogP contribution in [-0.2, 0) is 9.63 Å². The van der Waals surface area contributed by atoms with E-state index in [4.69, 9.17) is 9.25 Å². The second kappa shape index (κ2) is 7.24. The van der Waals surface area contributed by atoms with Crippen molar-refractivity contribution in [3.05, 3.63) is 96.1 Å². The third-order valence-electron chi connectivity index (χ3n) is 4.87. The Balaban J connectivity index is 1.49. The van der Waals surface area contributed by atoms with Crippen molar-refractivity contribution < 1.29 is 14.0 Å². The number of hydrogen-bond donors (Lipinski definition) is 1. The number of oxime groups is 1. The van der Waals surface area contributed by atoms with Gasteiger partial charge in [0, 0.05) is 5.56 Å². The molecule has 6 nitrogen and oxygen atoms in total. The molecule has 1 amide bonds. The van der Waals surface area contributed by atoms with E-state index >= 15 is 0 Å². The molecule has 142 valence electrons. The van der Waals surface area contributed by atoms with Gasteiger partial charge < -0.3 is 9.25 Å². The van der Waals surface area contributed by atoms with Crippen molar-refractivity contribution >= 4 is 28.7 Å². The quantitative estimate of drug-likeness (QED) is 0.560. The minimum absolute atomic E-state index is 0.155. The van der Waals surface area contributed by atoms with Crippen LogP contribution in [0, 0.1) is 5.92 Å². The summed E-state index contributed by atoms with van der Waals surface area (Å²) in [6, 6.07) is 26.7. The number of carbonyl (C=O) groups excluding carboxylic acids is 1. The number of aromatic nitrogens is 1. The average Bonchev–Trinajstić information content (AvgIpc) is 3.39. The second-order valence-corrected chi connectivity index (χ2v) is 6.73. The van der Waals surface area contributed by atoms with Crippen molar-refractivity contribution in [1.29, 1.82) is 0 Å². The van der Waals surface area contributed by atoms with Crippen molar-refractivity contribution in [2.24, 2.45) is 11.1 Å². The highest BCUT2D eigenvalue weighted by molar-refractivity contribution is 6.16. The first-order chi connectivity index (χ1) is 14.3. The Hall–Kier alpha value is -3.93. The first-order valence-electron chi connectivity index (χ1n) is 9.30. The Bertz CT molecular complexity index is 1150. The van der Waals surface area contributed by atoms with Crippen LogP contribution in [0.4, 0.5) is 6.01 Å². The Morgan fingerprint density at radius 3 is 2.31 bits per heavy atom. The lowest BCUT2D eigenvalue weighted by Gasteiger charge is -2.18. The monoisotopic (exact) mass is 383 g/mol. The van der Waals surface area contributed by atoms with Crippen LogP contribution in [-0.4, -0.2) is 16.6 Å². The predicted octanol–water partition coefficient (Wildman–Crippen LogP) is 4.56. The summed E-state index contributed by atoms with van der Waals surface area (Å²) < 4.78 is 5.66. The van der Waals surface area contributed by atoms with E-state index in [2.05, 4.69) is 15.5 Å². The smallest absolute Gasteiger partial charge is 0.302 e. The zero-order chi connectivity index (χ0) is 19.6. The normalized spacial score (nSPS) is 18.3. The second-order valence-electron chi connectivity index (χ2n) is 6.73. The Morgan fingerprint density at radius 2 is 1.55 bits per heavy atom. The van der Waals surface area contributed by atoms with Crippen LogP contribution >= 0.6 is 0 Å². The molecule has 0 bridgehead atoms. The summed E-state index contributed by atoms with van der Waals surface area (Å²) >= 11 is 0. The summed E-state index contributed by atoms with van der Waals surface area (Å²) in [5, 5.41) is 7.05. The van der Waals surface area contributed by atoms with Gasteiger partial charge in [0.15, 0.2) is 11.7 Å². The molecule has 0 radical (unpaired) electrons. The van der Waals surface area contributed by atoms with E-state index < -0.39 is 12.0 Å². The molecule has 2 unspecified atom stereocenters. The van der Waals surface area contributed by atoms with Gasteiger partial charge in [0.1, 0.15) is 17.1 Å². The number of carbonyl (C=O) groups is 1. The highest BCUT2D eigenvalue weighted by Gasteiger charge is 2.42. The summed E-state index contributed by atoms with van der Waals surface area (Å²) in [7, 11) is 0. The van der Waals surface area contributed by atoms with Crippen molar-refractivity contribution in [2.75, 3.05) is 5.32 Å². The maximum atomic E-state index is 13.3. The summed E-state index contributed by atoms with van der Waals surface area (Å²) in [6.07, 6.45) is -0.532. The summed E-state index contributed by atoms with van der Waals surface area (Å²) in [6.45, 7) is 0. The van der Waals surface area contributed by atoms with Gasteiger partial charge in [-0.3, -0.25) is 10.1 Å². The zero-order valence-corrected chi connectivity index (χ0v) is 15.4. The first-order valence-corrected chi connectivity index (χ1v) is 9.30. The van der Waals surface area contributed by atoms with E-state index in [0.29, 0.717) is 16.8 Å². The van der Waals surface area contributed by atoms with Crippen LogP contribution in [0.25, 0.3) is 11.1 Å². The van der Waals surface area contributed by atoms with E-state index in [1.165, 1.54) is 0 Å². The molecule has 6 heteroatoms. The molecule has 0 spiro atoms. The number of hydrogen-bond acceptors (Lipinski definition) is 5. The molecule has 5 rings (SSSR count). The minimum atomic E-state index is -0.644. The molecule has 3 aromatic carbocycles. The molecule has 1 aliphatic heterocycles. The van der Waals surface area contributed by atoms with Crippen LogP contribution in [0.1, 0.15) is 17.2 Å². The molecule has 2 atom stereocenters. The lowest BCUT2D eigenvalue weighted by molar-refractivity contribution is -0.120. The van der Waals surface area contributed by atoms with E-state index in [0.717, 1.165) is 11.1 Å². The number of nitrogens with one attached hydrogen (secondary N) is 1. The number of oxazole rings is 1. The Kier molecular flexibility index (Phi) is 4.29. The van der Waals surface area contributed by atoms with Crippen LogP contribution in [0.5, 0.6) is 0 Å². The van der Waals surface area contributed by atoms with Gasteiger partial charge in [-0.05, 0) is 17.7 Å². The number of rotatable bonds is 4. The molecule has 1 aromatic heterocycles. The molecular formula is C23H17N3O3. The number of nitrogens with zero attached hydrogens (tertiary/aromatic N) is 2. The Morgan fingerprint density at radius 1 is 0.862 bits per heavy atom. The summed E-state index contributed by atoms with van der Waals surface area (Å²) in [4.78, 5) is 23.3. The number of amides is 1. The van der Waals surface area contributed by atoms with Gasteiger partial charge in [-0.2, -0.15) is 4.98 Å². The zero-order valence-electron chi connectivity index (χ0n) is 15.4. The maximum absolute atomic E-state index is 13.3. The van der Waals surface area contributed by atoms with E-state index in [-0.39, 0.29) is 11.9 Å². The lowest BCUT2D eigenvalue weighted by Crippen LogP contribution is -2.32. The largest absolute Gasteiger partial charge is 0.423 e. The molecule has 0 saturated carbocycles. The third kappa shape index (κ3) is 3.25. The number of para-hydroxylation sites is 2. The minimum Gasteiger partial charge on any atom is -0.423 e. The molecule has 0 fully saturated rings. The fourth-order valence-corrected chi connectivity index (χ4v) is 3.48. The van der Waals surface area contributed by atoms with Crippen molar-refractivity contribution in [3.8, 4) is 0 Å². The number of anilines is 1. The maximum Gasteiger partial charge on any atom is 0.302 e. The third-order valence-corrected chi connectivity index (χ3v) is 4.87. The standard InChI is InChI=1S/C23H17N3O3/c27-22(25-23-24-17-13-7-8-14-18(17)28-23)19-20(15-9-3-1-4-10-15)26-29-21(19)16-11-5-2-6-12-16/h1-14,19,21H,(H,24,25,27). The summed E-state index contributed by atoms with van der Waals surface area (Å²) in [5.74, 6) is -0.930. The predicted molar refractivity (Wildman–Crippen MR) is 109 cm³/mol. The highest BCUT2D eigenvalue weighted by atomic mass is 16.6. The van der Waals surface area contributed by atoms with Gasteiger partial charge in [-0.15, -0.1) is 0 Å². The van der Waals surface area contributed by atoms with E-state index in [1.807, 2.05) is 78.9 Å². The van der Waals surface area contributed by atoms with Gasteiger partial charge >= 0.3 is 6.01 Å². The Labute approximate surface area is 166 Å². The van der Waals surface area contributed by atoms with E-state index in [1.54, 1.807) is 6.07 Å². The van der Waals surface area contributed by atoms with Crippen molar-refractivity contribution in [2.45, 2.75) is 6.10 Å². The van der Waals surface area contributed by atoms with Crippen LogP contribution in [0.2, 0.25) is 0 Å². The van der Waals surface area contributed by atoms with Gasteiger partial charge in [-0.25, -0.2) is 0 Å². The molecular weight excluding hydrogens is 366 g/mol. The average molecular weight is 383 g/mol. The molecule has 1 N–H and O–H groups in total.